The Morgan fingerprint density at radius 1 is 1.18 bits per heavy atom. The van der Waals surface area contributed by atoms with Gasteiger partial charge in [0.25, 0.3) is 0 Å². The fourth-order valence-electron chi connectivity index (χ4n) is 3.56. The van der Waals surface area contributed by atoms with Crippen LogP contribution in [0.3, 0.4) is 0 Å². The minimum Gasteiger partial charge on any atom is -0.326 e. The molecular weight excluding hydrogens is 372 g/mol. The number of hydrogen-bond donors (Lipinski definition) is 3. The Hall–Kier alpha value is -2.90. The molecule has 28 heavy (non-hydrogen) atoms. The number of nitrogens with one attached hydrogen (secondary N) is 3. The summed E-state index contributed by atoms with van der Waals surface area (Å²) in [7, 11) is 0. The second kappa shape index (κ2) is 8.00. The average Bonchev–Trinajstić information content (AvgIpc) is 3.04. The first-order chi connectivity index (χ1) is 13.7. The van der Waals surface area contributed by atoms with Gasteiger partial charge in [0.1, 0.15) is 5.00 Å². The molecule has 1 aliphatic rings. The monoisotopic (exact) mass is 394 g/mol. The highest BCUT2D eigenvalue weighted by atomic mass is 32.1. The number of thiophene rings is 1. The molecule has 1 aromatic heterocycles. The summed E-state index contributed by atoms with van der Waals surface area (Å²) in [6, 6.07) is 13.5. The molecule has 6 nitrogen and oxygen atoms in total. The van der Waals surface area contributed by atoms with Gasteiger partial charge in [-0.3, -0.25) is 15.0 Å². The lowest BCUT2D eigenvalue weighted by molar-refractivity contribution is -0.105. The molecule has 3 amide bonds. The minimum atomic E-state index is -0.324. The van der Waals surface area contributed by atoms with Gasteiger partial charge in [-0.15, -0.1) is 11.3 Å². The highest BCUT2D eigenvalue weighted by Gasteiger charge is 2.24. The SMILES string of the molecule is CCN1CCc2c(sc(NC(=O)Nc3ccc4ccccc4c3)c2NC=O)C1. The Morgan fingerprint density at radius 2 is 2.00 bits per heavy atom. The zero-order chi connectivity index (χ0) is 19.5. The molecule has 0 radical (unpaired) electrons. The number of hydrogen-bond acceptors (Lipinski definition) is 4. The van der Waals surface area contributed by atoms with Crippen LogP contribution in [0.5, 0.6) is 0 Å². The summed E-state index contributed by atoms with van der Waals surface area (Å²) in [4.78, 5) is 27.2. The molecule has 0 saturated heterocycles. The van der Waals surface area contributed by atoms with Gasteiger partial charge in [-0.2, -0.15) is 0 Å². The second-order valence-corrected chi connectivity index (χ2v) is 7.84. The van der Waals surface area contributed by atoms with Crippen LogP contribution in [0.4, 0.5) is 21.2 Å². The Morgan fingerprint density at radius 3 is 2.79 bits per heavy atom. The number of carbonyl (C=O) groups is 2. The summed E-state index contributed by atoms with van der Waals surface area (Å²) in [5.74, 6) is 0. The molecule has 0 aliphatic carbocycles. The topological polar surface area (TPSA) is 73.5 Å². The molecule has 144 valence electrons. The van der Waals surface area contributed by atoms with E-state index in [1.54, 1.807) is 0 Å². The van der Waals surface area contributed by atoms with E-state index in [1.165, 1.54) is 16.2 Å². The van der Waals surface area contributed by atoms with Crippen LogP contribution in [0.25, 0.3) is 10.8 Å². The van der Waals surface area contributed by atoms with E-state index in [2.05, 4.69) is 27.8 Å². The lowest BCUT2D eigenvalue weighted by Gasteiger charge is -2.25. The number of benzene rings is 2. The predicted octanol–water partition coefficient (Wildman–Crippen LogP) is 4.49. The van der Waals surface area contributed by atoms with Gasteiger partial charge in [-0.25, -0.2) is 4.79 Å². The molecule has 0 fully saturated rings. The highest BCUT2D eigenvalue weighted by Crippen LogP contribution is 2.41. The van der Waals surface area contributed by atoms with Crippen LogP contribution >= 0.6 is 11.3 Å². The molecule has 3 N–H and O–H groups in total. The van der Waals surface area contributed by atoms with Crippen LogP contribution in [0, 0.1) is 0 Å². The maximum atomic E-state index is 12.6. The van der Waals surface area contributed by atoms with Crippen molar-refractivity contribution in [3.8, 4) is 0 Å². The summed E-state index contributed by atoms with van der Waals surface area (Å²) in [5.41, 5.74) is 2.57. The highest BCUT2D eigenvalue weighted by molar-refractivity contribution is 7.17. The first-order valence-corrected chi connectivity index (χ1v) is 10.1. The van der Waals surface area contributed by atoms with Crippen molar-refractivity contribution >= 4 is 50.9 Å². The smallest absolute Gasteiger partial charge is 0.324 e. The average molecular weight is 395 g/mol. The van der Waals surface area contributed by atoms with Gasteiger partial charge in [0, 0.05) is 23.7 Å². The van der Waals surface area contributed by atoms with E-state index < -0.39 is 0 Å². The van der Waals surface area contributed by atoms with Gasteiger partial charge in [-0.05, 0) is 41.4 Å². The normalized spacial score (nSPS) is 13.8. The van der Waals surface area contributed by atoms with E-state index in [-0.39, 0.29) is 6.03 Å². The summed E-state index contributed by atoms with van der Waals surface area (Å²) in [5, 5.41) is 11.4. The lowest BCUT2D eigenvalue weighted by Crippen LogP contribution is -2.29. The van der Waals surface area contributed by atoms with Gasteiger partial charge >= 0.3 is 6.03 Å². The zero-order valence-corrected chi connectivity index (χ0v) is 16.4. The van der Waals surface area contributed by atoms with Gasteiger partial charge in [0.15, 0.2) is 0 Å². The number of nitrogens with zero attached hydrogens (tertiary/aromatic N) is 1. The molecule has 4 rings (SSSR count). The second-order valence-electron chi connectivity index (χ2n) is 6.73. The zero-order valence-electron chi connectivity index (χ0n) is 15.6. The largest absolute Gasteiger partial charge is 0.326 e. The number of likely N-dealkylation sites (N-methyl/N-ethyl adjacent to an activating group) is 1. The van der Waals surface area contributed by atoms with Gasteiger partial charge in [0.05, 0.1) is 5.69 Å². The van der Waals surface area contributed by atoms with Crippen LogP contribution in [0.15, 0.2) is 42.5 Å². The van der Waals surface area contributed by atoms with Crippen molar-refractivity contribution in [1.82, 2.24) is 4.90 Å². The quantitative estimate of drug-likeness (QED) is 0.558. The maximum absolute atomic E-state index is 12.6. The number of rotatable bonds is 5. The van der Waals surface area contributed by atoms with E-state index in [9.17, 15) is 9.59 Å². The molecular formula is C21H22N4O2S. The fraction of sp³-hybridized carbons (Fsp3) is 0.238. The van der Waals surface area contributed by atoms with Crippen LogP contribution in [-0.2, 0) is 17.8 Å². The molecule has 0 unspecified atom stereocenters. The first-order valence-electron chi connectivity index (χ1n) is 9.32. The summed E-state index contributed by atoms with van der Waals surface area (Å²) >= 11 is 1.53. The molecule has 2 heterocycles. The molecule has 2 aromatic carbocycles. The van der Waals surface area contributed by atoms with Crippen LogP contribution in [0.1, 0.15) is 17.4 Å². The number of urea groups is 1. The number of amides is 3. The van der Waals surface area contributed by atoms with Crippen molar-refractivity contribution in [2.75, 3.05) is 29.0 Å². The number of anilines is 3. The molecule has 0 spiro atoms. The van der Waals surface area contributed by atoms with Crippen molar-refractivity contribution < 1.29 is 9.59 Å². The van der Waals surface area contributed by atoms with Crippen molar-refractivity contribution in [3.05, 3.63) is 52.9 Å². The summed E-state index contributed by atoms with van der Waals surface area (Å²) < 4.78 is 0. The lowest BCUT2D eigenvalue weighted by atomic mass is 10.1. The fourth-order valence-corrected chi connectivity index (χ4v) is 4.81. The van der Waals surface area contributed by atoms with E-state index in [1.807, 2.05) is 42.5 Å². The van der Waals surface area contributed by atoms with Gasteiger partial charge in [0.2, 0.25) is 6.41 Å². The molecule has 1 aliphatic heterocycles. The van der Waals surface area contributed by atoms with E-state index in [0.29, 0.717) is 11.4 Å². The van der Waals surface area contributed by atoms with E-state index >= 15 is 0 Å². The third-order valence-corrected chi connectivity index (χ3v) is 6.15. The van der Waals surface area contributed by atoms with Crippen molar-refractivity contribution in [2.24, 2.45) is 0 Å². The summed E-state index contributed by atoms with van der Waals surface area (Å²) in [6.07, 6.45) is 1.53. The first kappa shape index (κ1) is 18.5. The Labute approximate surface area is 167 Å². The molecule has 0 saturated carbocycles. The van der Waals surface area contributed by atoms with Crippen LogP contribution in [-0.4, -0.2) is 30.4 Å². The van der Waals surface area contributed by atoms with Crippen LogP contribution < -0.4 is 16.0 Å². The van der Waals surface area contributed by atoms with E-state index in [4.69, 9.17) is 0 Å². The molecule has 0 bridgehead atoms. The van der Waals surface area contributed by atoms with Crippen LogP contribution in [0.2, 0.25) is 0 Å². The van der Waals surface area contributed by atoms with Crippen molar-refractivity contribution in [3.63, 3.8) is 0 Å². The number of fused-ring (bicyclic) bond motifs is 2. The molecule has 7 heteroatoms. The van der Waals surface area contributed by atoms with Gasteiger partial charge < -0.3 is 10.6 Å². The number of carbonyl (C=O) groups excluding carboxylic acids is 2. The van der Waals surface area contributed by atoms with Crippen molar-refractivity contribution in [2.45, 2.75) is 19.9 Å². The maximum Gasteiger partial charge on any atom is 0.324 e. The third-order valence-electron chi connectivity index (χ3n) is 5.02. The minimum absolute atomic E-state index is 0.324. The summed E-state index contributed by atoms with van der Waals surface area (Å²) in [6.45, 7) is 4.92. The Bertz CT molecular complexity index is 1030. The van der Waals surface area contributed by atoms with E-state index in [0.717, 1.165) is 53.8 Å². The predicted molar refractivity (Wildman–Crippen MR) is 115 cm³/mol. The Kier molecular flexibility index (Phi) is 5.27. The molecule has 0 atom stereocenters. The standard InChI is InChI=1S/C21H22N4O2S/c1-2-25-10-9-17-18(12-25)28-20(19(17)22-13-26)24-21(27)23-16-8-7-14-5-3-4-6-15(14)11-16/h3-8,11,13H,2,9-10,12H2,1H3,(H,22,26)(H2,23,24,27). The molecule has 3 aromatic rings. The third kappa shape index (κ3) is 3.72. The Balaban J connectivity index is 1.53. The van der Waals surface area contributed by atoms with Crippen molar-refractivity contribution in [1.29, 1.82) is 0 Å². The van der Waals surface area contributed by atoms with Gasteiger partial charge in [-0.1, -0.05) is 37.3 Å².